The lowest BCUT2D eigenvalue weighted by molar-refractivity contribution is -0.381. The Bertz CT molecular complexity index is 1260. The molecule has 0 aliphatic carbocycles. The standard InChI is InChI=1S/C33H44N4/c1-9-11-13-26-24(7)30(15-28-22(5)20(3)18-34-28)36-32(26)17-33-27(14-12-10-2)25(8)31(37-33)16-29-23(6)21(4)19-35-29/h15-16,18-19,36-37H,9-14,17H2,1-8H3/p+2. The van der Waals surface area contributed by atoms with Crippen molar-refractivity contribution in [2.24, 2.45) is 0 Å². The van der Waals surface area contributed by atoms with Crippen molar-refractivity contribution in [1.29, 1.82) is 0 Å². The fourth-order valence-electron chi connectivity index (χ4n) is 5.41. The summed E-state index contributed by atoms with van der Waals surface area (Å²) in [6.45, 7) is 17.9. The third-order valence-corrected chi connectivity index (χ3v) is 8.38. The van der Waals surface area contributed by atoms with Gasteiger partial charge in [-0.15, -0.1) is 0 Å². The molecule has 2 aliphatic rings. The molecule has 4 nitrogen and oxygen atoms in total. The van der Waals surface area contributed by atoms with Crippen LogP contribution in [-0.4, -0.2) is 22.4 Å². The summed E-state index contributed by atoms with van der Waals surface area (Å²) < 4.78 is 0. The molecule has 4 heteroatoms. The molecule has 0 aromatic carbocycles. The number of nitrogens with one attached hydrogen (secondary N) is 4. The van der Waals surface area contributed by atoms with Gasteiger partial charge in [0.2, 0.25) is 11.4 Å². The Hall–Kier alpha value is -3.14. The van der Waals surface area contributed by atoms with Crippen molar-refractivity contribution in [3.63, 3.8) is 0 Å². The molecule has 2 aromatic heterocycles. The number of aromatic nitrogens is 2. The average Bonchev–Trinajstić information content (AvgIpc) is 3.56. The van der Waals surface area contributed by atoms with Gasteiger partial charge >= 0.3 is 0 Å². The van der Waals surface area contributed by atoms with Gasteiger partial charge in [-0.25, -0.2) is 9.98 Å². The van der Waals surface area contributed by atoms with E-state index in [1.165, 1.54) is 104 Å². The Labute approximate surface area is 223 Å². The highest BCUT2D eigenvalue weighted by atomic mass is 14.8. The Morgan fingerprint density at radius 2 is 1.05 bits per heavy atom. The largest absolute Gasteiger partial charge is 0.358 e. The van der Waals surface area contributed by atoms with E-state index in [1.54, 1.807) is 0 Å². The topological polar surface area (TPSA) is 59.5 Å². The van der Waals surface area contributed by atoms with Crippen molar-refractivity contribution in [1.82, 2.24) is 9.97 Å². The van der Waals surface area contributed by atoms with Crippen molar-refractivity contribution >= 4 is 24.6 Å². The van der Waals surface area contributed by atoms with Crippen LogP contribution in [-0.2, 0) is 19.3 Å². The summed E-state index contributed by atoms with van der Waals surface area (Å²) >= 11 is 0. The van der Waals surface area contributed by atoms with E-state index in [1.807, 2.05) is 0 Å². The van der Waals surface area contributed by atoms with Crippen LogP contribution in [0.15, 0.2) is 33.7 Å². The van der Waals surface area contributed by atoms with E-state index in [0.29, 0.717) is 0 Å². The summed E-state index contributed by atoms with van der Waals surface area (Å²) in [5.74, 6) is 0. The van der Waals surface area contributed by atoms with Crippen molar-refractivity contribution < 1.29 is 9.98 Å². The van der Waals surface area contributed by atoms with Gasteiger partial charge in [-0.05, 0) is 89.5 Å². The lowest BCUT2D eigenvalue weighted by atomic mass is 9.97. The van der Waals surface area contributed by atoms with Gasteiger partial charge in [-0.2, -0.15) is 0 Å². The maximum absolute atomic E-state index is 3.85. The SMILES string of the molecule is CCCCc1c(Cc2[nH]c(C=C3[NH+]=CC(C)=C3C)c(C)c2CCCC)[nH]c(C=C2[NH+]=CC(C)=C2C)c1C. The third-order valence-electron chi connectivity index (χ3n) is 8.38. The molecular weight excluding hydrogens is 452 g/mol. The van der Waals surface area contributed by atoms with Crippen molar-refractivity contribution in [3.8, 4) is 0 Å². The van der Waals surface area contributed by atoms with E-state index in [2.05, 4.69) is 99.9 Å². The lowest BCUT2D eigenvalue weighted by Gasteiger charge is -2.08. The van der Waals surface area contributed by atoms with Crippen LogP contribution in [0.1, 0.15) is 112 Å². The van der Waals surface area contributed by atoms with Crippen LogP contribution in [0, 0.1) is 13.8 Å². The Kier molecular flexibility index (Phi) is 8.36. The monoisotopic (exact) mass is 498 g/mol. The zero-order valence-corrected chi connectivity index (χ0v) is 24.3. The fourth-order valence-corrected chi connectivity index (χ4v) is 5.41. The number of hydrogen-bond donors (Lipinski definition) is 4. The smallest absolute Gasteiger partial charge is 0.209 e. The summed E-state index contributed by atoms with van der Waals surface area (Å²) in [6.07, 6.45) is 16.8. The highest BCUT2D eigenvalue weighted by Crippen LogP contribution is 2.29. The molecular formula is C33H46N4+2. The van der Waals surface area contributed by atoms with E-state index < -0.39 is 0 Å². The Morgan fingerprint density at radius 1 is 0.649 bits per heavy atom. The van der Waals surface area contributed by atoms with Gasteiger partial charge in [0, 0.05) is 63.6 Å². The maximum Gasteiger partial charge on any atom is 0.209 e. The molecule has 4 heterocycles. The fraction of sp³-hybridized carbons (Fsp3) is 0.455. The minimum absolute atomic E-state index is 0.910. The van der Waals surface area contributed by atoms with Crippen molar-refractivity contribution in [2.45, 2.75) is 100 Å². The maximum atomic E-state index is 3.85. The van der Waals surface area contributed by atoms with Gasteiger partial charge in [-0.3, -0.25) is 0 Å². The highest BCUT2D eigenvalue weighted by molar-refractivity contribution is 5.80. The zero-order valence-electron chi connectivity index (χ0n) is 24.3. The summed E-state index contributed by atoms with van der Waals surface area (Å²) in [4.78, 5) is 14.6. The van der Waals surface area contributed by atoms with E-state index in [0.717, 1.165) is 19.3 Å². The van der Waals surface area contributed by atoms with Crippen LogP contribution in [0.2, 0.25) is 0 Å². The summed E-state index contributed by atoms with van der Waals surface area (Å²) in [7, 11) is 0. The number of aromatic amines is 2. The van der Waals surface area contributed by atoms with E-state index in [4.69, 9.17) is 0 Å². The second-order valence-corrected chi connectivity index (χ2v) is 10.9. The van der Waals surface area contributed by atoms with Crippen LogP contribution in [0.4, 0.5) is 0 Å². The first-order valence-corrected chi connectivity index (χ1v) is 14.1. The molecule has 4 N–H and O–H groups in total. The van der Waals surface area contributed by atoms with Crippen LogP contribution in [0.3, 0.4) is 0 Å². The minimum Gasteiger partial charge on any atom is -0.358 e. The molecule has 0 unspecified atom stereocenters. The van der Waals surface area contributed by atoms with Gasteiger partial charge < -0.3 is 9.97 Å². The van der Waals surface area contributed by atoms with Crippen LogP contribution in [0.25, 0.3) is 12.2 Å². The molecule has 2 aliphatic heterocycles. The molecule has 4 rings (SSSR count). The first-order valence-electron chi connectivity index (χ1n) is 14.1. The number of allylic oxidation sites excluding steroid dienone is 4. The van der Waals surface area contributed by atoms with Crippen LogP contribution >= 0.6 is 0 Å². The number of unbranched alkanes of at least 4 members (excludes halogenated alkanes) is 2. The third kappa shape index (κ3) is 5.58. The average molecular weight is 499 g/mol. The summed E-state index contributed by atoms with van der Waals surface area (Å²) in [5.41, 5.74) is 18.6. The molecule has 0 fully saturated rings. The van der Waals surface area contributed by atoms with Gasteiger partial charge in [0.05, 0.1) is 0 Å². The lowest BCUT2D eigenvalue weighted by Crippen LogP contribution is -2.64. The molecule has 37 heavy (non-hydrogen) atoms. The second-order valence-electron chi connectivity index (χ2n) is 10.9. The highest BCUT2D eigenvalue weighted by Gasteiger charge is 2.22. The second kappa shape index (κ2) is 11.5. The van der Waals surface area contributed by atoms with E-state index >= 15 is 0 Å². The van der Waals surface area contributed by atoms with Crippen molar-refractivity contribution in [2.75, 3.05) is 0 Å². The zero-order chi connectivity index (χ0) is 26.7. The van der Waals surface area contributed by atoms with E-state index in [9.17, 15) is 0 Å². The molecule has 0 radical (unpaired) electrons. The van der Waals surface area contributed by atoms with Gasteiger partial charge in [0.1, 0.15) is 0 Å². The van der Waals surface area contributed by atoms with Gasteiger partial charge in [0.15, 0.2) is 12.4 Å². The Morgan fingerprint density at radius 3 is 1.38 bits per heavy atom. The predicted octanol–water partition coefficient (Wildman–Crippen LogP) is 4.92. The molecule has 0 spiro atoms. The van der Waals surface area contributed by atoms with Gasteiger partial charge in [0.25, 0.3) is 0 Å². The Balaban J connectivity index is 1.75. The number of rotatable bonds is 10. The summed E-state index contributed by atoms with van der Waals surface area (Å²) in [5, 5.41) is 0. The molecule has 196 valence electrons. The van der Waals surface area contributed by atoms with Crippen LogP contribution < -0.4 is 9.98 Å². The molecule has 0 atom stereocenters. The molecule has 2 aromatic rings. The van der Waals surface area contributed by atoms with E-state index in [-0.39, 0.29) is 0 Å². The van der Waals surface area contributed by atoms with Crippen molar-refractivity contribution in [3.05, 3.63) is 78.7 Å². The first-order chi connectivity index (χ1) is 17.7. The minimum atomic E-state index is 0.910. The van der Waals surface area contributed by atoms with Gasteiger partial charge in [-0.1, -0.05) is 26.7 Å². The molecule has 0 bridgehead atoms. The molecule has 0 saturated heterocycles. The molecule has 0 amide bonds. The van der Waals surface area contributed by atoms with Crippen LogP contribution in [0.5, 0.6) is 0 Å². The summed E-state index contributed by atoms with van der Waals surface area (Å²) in [6, 6.07) is 0. The normalized spacial score (nSPS) is 17.6. The quantitative estimate of drug-likeness (QED) is 0.359. The molecule has 0 saturated carbocycles. The number of hydrogen-bond acceptors (Lipinski definition) is 0. The number of H-pyrrole nitrogens is 2. The predicted molar refractivity (Wildman–Crippen MR) is 158 cm³/mol. The first kappa shape index (κ1) is 26.9.